The zero-order chi connectivity index (χ0) is 17.1. The standard InChI is InChI=1S/C14H18N2O6/c1-14(2,3)22-13(19)11(15)8-4-5-9(7-16(20)21)10(6-8)12(17)18/h4-6,11H,7,15H2,1-3H3,(H,17,18). The largest absolute Gasteiger partial charge is 0.478 e. The van der Waals surface area contributed by atoms with Crippen LogP contribution in [0.15, 0.2) is 18.2 Å². The maximum absolute atomic E-state index is 11.9. The van der Waals surface area contributed by atoms with Gasteiger partial charge in [0.05, 0.1) is 5.56 Å². The van der Waals surface area contributed by atoms with E-state index in [4.69, 9.17) is 15.6 Å². The van der Waals surface area contributed by atoms with Crippen molar-refractivity contribution in [2.24, 2.45) is 5.73 Å². The number of nitrogens with zero attached hydrogens (tertiary/aromatic N) is 1. The first kappa shape index (κ1) is 17.6. The minimum absolute atomic E-state index is 0.0395. The SMILES string of the molecule is CC(C)(C)OC(=O)C(N)c1ccc(C[N+](=O)[O-])c(C(=O)O)c1. The average Bonchev–Trinajstić information content (AvgIpc) is 2.35. The van der Waals surface area contributed by atoms with E-state index >= 15 is 0 Å². The van der Waals surface area contributed by atoms with Gasteiger partial charge in [0.15, 0.2) is 0 Å². The molecule has 22 heavy (non-hydrogen) atoms. The van der Waals surface area contributed by atoms with Crippen molar-refractivity contribution < 1.29 is 24.4 Å². The summed E-state index contributed by atoms with van der Waals surface area (Å²) in [5.74, 6) is -2.03. The molecule has 0 saturated carbocycles. The highest BCUT2D eigenvalue weighted by molar-refractivity contribution is 5.90. The van der Waals surface area contributed by atoms with Crippen LogP contribution in [0.3, 0.4) is 0 Å². The topological polar surface area (TPSA) is 133 Å². The van der Waals surface area contributed by atoms with Gasteiger partial charge in [-0.15, -0.1) is 0 Å². The molecule has 0 heterocycles. The molecule has 1 unspecified atom stereocenters. The number of rotatable bonds is 5. The monoisotopic (exact) mass is 310 g/mol. The second-order valence-electron chi connectivity index (χ2n) is 5.72. The Balaban J connectivity index is 3.11. The molecule has 0 radical (unpaired) electrons. The Morgan fingerprint density at radius 1 is 1.41 bits per heavy atom. The molecule has 1 rings (SSSR count). The van der Waals surface area contributed by atoms with E-state index < -0.39 is 35.0 Å². The summed E-state index contributed by atoms with van der Waals surface area (Å²) < 4.78 is 5.13. The number of carbonyl (C=O) groups is 2. The van der Waals surface area contributed by atoms with Crippen LogP contribution in [-0.4, -0.2) is 27.6 Å². The van der Waals surface area contributed by atoms with E-state index in [0.29, 0.717) is 0 Å². The fourth-order valence-corrected chi connectivity index (χ4v) is 1.76. The van der Waals surface area contributed by atoms with Crippen LogP contribution in [0.4, 0.5) is 0 Å². The Labute approximate surface area is 127 Å². The minimum atomic E-state index is -1.32. The van der Waals surface area contributed by atoms with E-state index in [1.807, 2.05) is 0 Å². The molecule has 0 aliphatic rings. The molecule has 1 atom stereocenters. The molecule has 0 aliphatic carbocycles. The number of esters is 1. The molecule has 120 valence electrons. The van der Waals surface area contributed by atoms with Crippen molar-refractivity contribution in [1.29, 1.82) is 0 Å². The van der Waals surface area contributed by atoms with E-state index in [1.165, 1.54) is 12.1 Å². The Morgan fingerprint density at radius 3 is 2.45 bits per heavy atom. The fraction of sp³-hybridized carbons (Fsp3) is 0.429. The van der Waals surface area contributed by atoms with Crippen molar-refractivity contribution in [2.45, 2.75) is 39.0 Å². The second kappa shape index (κ2) is 6.52. The van der Waals surface area contributed by atoms with E-state index in [9.17, 15) is 19.7 Å². The van der Waals surface area contributed by atoms with Crippen LogP contribution in [0.2, 0.25) is 0 Å². The summed E-state index contributed by atoms with van der Waals surface area (Å²) in [5, 5.41) is 19.7. The van der Waals surface area contributed by atoms with Gasteiger partial charge in [-0.2, -0.15) is 0 Å². The van der Waals surface area contributed by atoms with Gasteiger partial charge < -0.3 is 15.6 Å². The number of carboxylic acids is 1. The van der Waals surface area contributed by atoms with Crippen LogP contribution >= 0.6 is 0 Å². The van der Waals surface area contributed by atoms with E-state index in [-0.39, 0.29) is 16.7 Å². The van der Waals surface area contributed by atoms with Gasteiger partial charge in [0.25, 0.3) is 0 Å². The average molecular weight is 310 g/mol. The summed E-state index contributed by atoms with van der Waals surface area (Å²) in [4.78, 5) is 33.0. The van der Waals surface area contributed by atoms with Crippen LogP contribution < -0.4 is 5.73 Å². The Bertz CT molecular complexity index is 606. The number of carbonyl (C=O) groups excluding carboxylic acids is 1. The smallest absolute Gasteiger partial charge is 0.336 e. The number of benzene rings is 1. The van der Waals surface area contributed by atoms with Crippen molar-refractivity contribution in [3.8, 4) is 0 Å². The first-order chi connectivity index (χ1) is 10.0. The second-order valence-corrected chi connectivity index (χ2v) is 5.72. The highest BCUT2D eigenvalue weighted by Gasteiger charge is 2.25. The summed E-state index contributed by atoms with van der Waals surface area (Å²) in [6.45, 7) is 4.42. The number of nitro groups is 1. The van der Waals surface area contributed by atoms with Crippen molar-refractivity contribution in [3.63, 3.8) is 0 Å². The molecule has 1 aromatic carbocycles. The maximum atomic E-state index is 11.9. The predicted molar refractivity (Wildman–Crippen MR) is 76.9 cm³/mol. The molecule has 0 fully saturated rings. The predicted octanol–water partition coefficient (Wildman–Crippen LogP) is 1.50. The lowest BCUT2D eigenvalue weighted by Gasteiger charge is -2.22. The maximum Gasteiger partial charge on any atom is 0.336 e. The van der Waals surface area contributed by atoms with E-state index in [0.717, 1.165) is 6.07 Å². The van der Waals surface area contributed by atoms with Gasteiger partial charge in [0.1, 0.15) is 11.6 Å². The number of hydrogen-bond acceptors (Lipinski definition) is 6. The molecule has 3 N–H and O–H groups in total. The first-order valence-corrected chi connectivity index (χ1v) is 6.47. The highest BCUT2D eigenvalue weighted by atomic mass is 16.6. The quantitative estimate of drug-likeness (QED) is 0.478. The molecule has 0 aliphatic heterocycles. The number of nitrogens with two attached hydrogens (primary N) is 1. The van der Waals surface area contributed by atoms with Crippen LogP contribution in [0.5, 0.6) is 0 Å². The van der Waals surface area contributed by atoms with Crippen molar-refractivity contribution in [3.05, 3.63) is 45.0 Å². The van der Waals surface area contributed by atoms with Gasteiger partial charge in [-0.25, -0.2) is 9.59 Å². The molecular formula is C14H18N2O6. The van der Waals surface area contributed by atoms with E-state index in [1.54, 1.807) is 20.8 Å². The molecule has 0 saturated heterocycles. The summed E-state index contributed by atoms with van der Waals surface area (Å²) in [6.07, 6.45) is 0. The molecule has 0 bridgehead atoms. The lowest BCUT2D eigenvalue weighted by Crippen LogP contribution is -2.31. The summed E-state index contributed by atoms with van der Waals surface area (Å²) in [7, 11) is 0. The number of hydrogen-bond donors (Lipinski definition) is 2. The molecule has 8 heteroatoms. The number of ether oxygens (including phenoxy) is 1. The third kappa shape index (κ3) is 4.81. The van der Waals surface area contributed by atoms with Gasteiger partial charge in [-0.05, 0) is 32.4 Å². The molecule has 0 aromatic heterocycles. The molecule has 8 nitrogen and oxygen atoms in total. The number of carboxylic acid groups (broad SMARTS) is 1. The third-order valence-electron chi connectivity index (χ3n) is 2.68. The Kier molecular flexibility index (Phi) is 5.21. The van der Waals surface area contributed by atoms with Crippen LogP contribution in [0.1, 0.15) is 48.3 Å². The third-order valence-corrected chi connectivity index (χ3v) is 2.68. The van der Waals surface area contributed by atoms with Crippen LogP contribution in [-0.2, 0) is 16.1 Å². The normalized spacial score (nSPS) is 12.5. The zero-order valence-corrected chi connectivity index (χ0v) is 12.5. The van der Waals surface area contributed by atoms with Crippen LogP contribution in [0.25, 0.3) is 0 Å². The zero-order valence-electron chi connectivity index (χ0n) is 12.5. The Morgan fingerprint density at radius 2 is 2.00 bits per heavy atom. The molecular weight excluding hydrogens is 292 g/mol. The lowest BCUT2D eigenvalue weighted by molar-refractivity contribution is -0.496. The Hall–Kier alpha value is -2.48. The van der Waals surface area contributed by atoms with Gasteiger partial charge in [0.2, 0.25) is 6.54 Å². The van der Waals surface area contributed by atoms with Crippen LogP contribution in [0, 0.1) is 10.1 Å². The molecule has 1 aromatic rings. The van der Waals surface area contributed by atoms with Gasteiger partial charge in [-0.3, -0.25) is 10.1 Å². The summed E-state index contributed by atoms with van der Waals surface area (Å²) in [5.41, 5.74) is 5.04. The van der Waals surface area contributed by atoms with Crippen molar-refractivity contribution in [2.75, 3.05) is 0 Å². The summed E-state index contributed by atoms with van der Waals surface area (Å²) in [6, 6.07) is 2.67. The summed E-state index contributed by atoms with van der Waals surface area (Å²) >= 11 is 0. The minimum Gasteiger partial charge on any atom is -0.478 e. The molecule has 0 spiro atoms. The first-order valence-electron chi connectivity index (χ1n) is 6.47. The van der Waals surface area contributed by atoms with Gasteiger partial charge in [0, 0.05) is 10.5 Å². The van der Waals surface area contributed by atoms with Gasteiger partial charge >= 0.3 is 11.9 Å². The fourth-order valence-electron chi connectivity index (χ4n) is 1.76. The lowest BCUT2D eigenvalue weighted by atomic mass is 9.99. The van der Waals surface area contributed by atoms with Gasteiger partial charge in [-0.1, -0.05) is 12.1 Å². The highest BCUT2D eigenvalue weighted by Crippen LogP contribution is 2.20. The van der Waals surface area contributed by atoms with E-state index in [2.05, 4.69) is 0 Å². The van der Waals surface area contributed by atoms with Crippen molar-refractivity contribution in [1.82, 2.24) is 0 Å². The number of aromatic carboxylic acids is 1. The van der Waals surface area contributed by atoms with Crippen molar-refractivity contribution >= 4 is 11.9 Å². The molecule has 0 amide bonds.